The highest BCUT2D eigenvalue weighted by atomic mass is 19.1. The molecule has 186 valence electrons. The standard InChI is InChI=1S/C28H24F2N6O/c1-15(11-31)9-16-14-37-26(33-16)22-12-32-13-23(34-22)28-8-7-18(27(28,2)3)17-10-21(35-36-25(17)28)24-19(29)5-4-6-20(24)30/h4-6,10,12-15,18H,7-9H2,1-3H3/t15-,18-,28-/m0/s1. The third-order valence-electron chi connectivity index (χ3n) is 8.18. The van der Waals surface area contributed by atoms with Gasteiger partial charge in [-0.1, -0.05) is 19.9 Å². The molecule has 6 rings (SSSR count). The molecule has 2 aliphatic rings. The van der Waals surface area contributed by atoms with E-state index in [0.29, 0.717) is 23.7 Å². The highest BCUT2D eigenvalue weighted by Crippen LogP contribution is 2.69. The predicted octanol–water partition coefficient (Wildman–Crippen LogP) is 5.77. The maximum Gasteiger partial charge on any atom is 0.246 e. The second kappa shape index (κ2) is 8.23. The van der Waals surface area contributed by atoms with Crippen molar-refractivity contribution in [2.24, 2.45) is 11.3 Å². The first-order chi connectivity index (χ1) is 17.8. The van der Waals surface area contributed by atoms with Gasteiger partial charge in [-0.3, -0.25) is 4.98 Å². The SMILES string of the molecule is C[C@H](C#N)Cc1coc(-c2cncc([C@@]34CC[C@@H](c5cc(-c6c(F)cccc6F)nnc53)C4(C)C)n2)n1. The van der Waals surface area contributed by atoms with E-state index in [1.807, 2.05) is 6.92 Å². The van der Waals surface area contributed by atoms with E-state index in [2.05, 4.69) is 40.1 Å². The van der Waals surface area contributed by atoms with Crippen molar-refractivity contribution in [2.75, 3.05) is 0 Å². The summed E-state index contributed by atoms with van der Waals surface area (Å²) in [6.07, 6.45) is 7.07. The van der Waals surface area contributed by atoms with Crippen LogP contribution in [0, 0.1) is 34.3 Å². The third kappa shape index (κ3) is 3.31. The van der Waals surface area contributed by atoms with Crippen LogP contribution in [0.25, 0.3) is 22.8 Å². The molecule has 2 aliphatic carbocycles. The van der Waals surface area contributed by atoms with E-state index in [9.17, 15) is 8.78 Å². The molecule has 3 heterocycles. The zero-order chi connectivity index (χ0) is 25.9. The van der Waals surface area contributed by atoms with Crippen molar-refractivity contribution in [3.05, 3.63) is 77.2 Å². The number of halogens is 2. The van der Waals surface area contributed by atoms with Crippen molar-refractivity contribution < 1.29 is 13.2 Å². The van der Waals surface area contributed by atoms with E-state index < -0.39 is 17.0 Å². The quantitative estimate of drug-likeness (QED) is 0.344. The summed E-state index contributed by atoms with van der Waals surface area (Å²) in [5, 5.41) is 18.0. The van der Waals surface area contributed by atoms with Crippen molar-refractivity contribution in [1.29, 1.82) is 5.26 Å². The first-order valence-electron chi connectivity index (χ1n) is 12.3. The molecule has 3 atom stereocenters. The number of aromatic nitrogens is 5. The Hall–Kier alpha value is -4.06. The van der Waals surface area contributed by atoms with E-state index in [1.165, 1.54) is 18.2 Å². The van der Waals surface area contributed by atoms with E-state index in [0.717, 1.165) is 29.8 Å². The zero-order valence-electron chi connectivity index (χ0n) is 20.7. The van der Waals surface area contributed by atoms with E-state index >= 15 is 0 Å². The van der Waals surface area contributed by atoms with Crippen LogP contribution in [0.5, 0.6) is 0 Å². The zero-order valence-corrected chi connectivity index (χ0v) is 20.7. The summed E-state index contributed by atoms with van der Waals surface area (Å²) in [7, 11) is 0. The van der Waals surface area contributed by atoms with Crippen LogP contribution >= 0.6 is 0 Å². The molecular weight excluding hydrogens is 474 g/mol. The summed E-state index contributed by atoms with van der Waals surface area (Å²) in [5.41, 5.74) is 2.80. The highest BCUT2D eigenvalue weighted by molar-refractivity contribution is 5.64. The van der Waals surface area contributed by atoms with Crippen LogP contribution in [0.15, 0.2) is 47.3 Å². The number of nitrogens with zero attached hydrogens (tertiary/aromatic N) is 6. The molecule has 0 amide bonds. The number of rotatable bonds is 5. The normalized spacial score (nSPS) is 22.0. The lowest BCUT2D eigenvalue weighted by atomic mass is 9.66. The number of benzene rings is 1. The molecule has 0 radical (unpaired) electrons. The lowest BCUT2D eigenvalue weighted by Gasteiger charge is -2.37. The molecule has 0 saturated heterocycles. The van der Waals surface area contributed by atoms with Crippen LogP contribution in [0.2, 0.25) is 0 Å². The van der Waals surface area contributed by atoms with Gasteiger partial charge in [0.15, 0.2) is 0 Å². The Morgan fingerprint density at radius 2 is 1.92 bits per heavy atom. The smallest absolute Gasteiger partial charge is 0.246 e. The summed E-state index contributed by atoms with van der Waals surface area (Å²) < 4.78 is 34.7. The van der Waals surface area contributed by atoms with E-state index in [4.69, 9.17) is 14.7 Å². The topological polar surface area (TPSA) is 101 Å². The first kappa shape index (κ1) is 23.3. The molecule has 1 fully saturated rings. The summed E-state index contributed by atoms with van der Waals surface area (Å²) >= 11 is 0. The van der Waals surface area contributed by atoms with Gasteiger partial charge in [-0.25, -0.2) is 18.7 Å². The minimum Gasteiger partial charge on any atom is -0.443 e. The minimum atomic E-state index is -0.667. The van der Waals surface area contributed by atoms with Crippen LogP contribution in [0.3, 0.4) is 0 Å². The van der Waals surface area contributed by atoms with Crippen molar-refractivity contribution in [3.63, 3.8) is 0 Å². The molecule has 3 aromatic heterocycles. The molecule has 2 bridgehead atoms. The van der Waals surface area contributed by atoms with Crippen molar-refractivity contribution in [2.45, 2.75) is 51.4 Å². The van der Waals surface area contributed by atoms with Crippen LogP contribution in [0.1, 0.15) is 62.2 Å². The predicted molar refractivity (Wildman–Crippen MR) is 130 cm³/mol. The fourth-order valence-corrected chi connectivity index (χ4v) is 6.31. The molecule has 0 spiro atoms. The second-order valence-electron chi connectivity index (χ2n) is 10.5. The molecule has 1 saturated carbocycles. The van der Waals surface area contributed by atoms with Gasteiger partial charge in [0, 0.05) is 18.5 Å². The van der Waals surface area contributed by atoms with Gasteiger partial charge in [-0.05, 0) is 54.9 Å². The Morgan fingerprint density at radius 1 is 1.14 bits per heavy atom. The van der Waals surface area contributed by atoms with E-state index in [1.54, 1.807) is 24.7 Å². The minimum absolute atomic E-state index is 0.123. The Bertz CT molecular complexity index is 1550. The lowest BCUT2D eigenvalue weighted by molar-refractivity contribution is 0.242. The molecule has 0 N–H and O–H groups in total. The summed E-state index contributed by atoms with van der Waals surface area (Å²) in [5.74, 6) is -1.05. The molecule has 1 aromatic carbocycles. The first-order valence-corrected chi connectivity index (χ1v) is 12.3. The van der Waals surface area contributed by atoms with Gasteiger partial charge in [0.2, 0.25) is 5.89 Å². The Balaban J connectivity index is 1.44. The molecule has 7 nitrogen and oxygen atoms in total. The molecule has 4 aromatic rings. The van der Waals surface area contributed by atoms with E-state index in [-0.39, 0.29) is 28.5 Å². The van der Waals surface area contributed by atoms with Gasteiger partial charge < -0.3 is 4.42 Å². The number of nitriles is 1. The van der Waals surface area contributed by atoms with Gasteiger partial charge in [-0.15, -0.1) is 5.10 Å². The number of hydrogen-bond acceptors (Lipinski definition) is 7. The fourth-order valence-electron chi connectivity index (χ4n) is 6.31. The maximum atomic E-state index is 14.5. The fraction of sp³-hybridized carbons (Fsp3) is 0.357. The number of oxazole rings is 1. The largest absolute Gasteiger partial charge is 0.443 e. The number of hydrogen-bond donors (Lipinski definition) is 0. The average Bonchev–Trinajstić information content (AvgIpc) is 3.51. The highest BCUT2D eigenvalue weighted by Gasteiger charge is 2.65. The number of fused-ring (bicyclic) bond motifs is 5. The van der Waals surface area contributed by atoms with Gasteiger partial charge in [-0.2, -0.15) is 10.4 Å². The Labute approximate surface area is 212 Å². The summed E-state index contributed by atoms with van der Waals surface area (Å²) in [6, 6.07) is 7.76. The van der Waals surface area contributed by atoms with Crippen LogP contribution < -0.4 is 0 Å². The summed E-state index contributed by atoms with van der Waals surface area (Å²) in [4.78, 5) is 13.9. The van der Waals surface area contributed by atoms with Crippen molar-refractivity contribution in [3.8, 4) is 28.9 Å². The summed E-state index contributed by atoms with van der Waals surface area (Å²) in [6.45, 7) is 6.18. The van der Waals surface area contributed by atoms with Crippen LogP contribution in [-0.4, -0.2) is 25.1 Å². The maximum absolute atomic E-state index is 14.5. The van der Waals surface area contributed by atoms with Crippen LogP contribution in [-0.2, 0) is 11.8 Å². The van der Waals surface area contributed by atoms with Gasteiger partial charge in [0.25, 0.3) is 0 Å². The monoisotopic (exact) mass is 498 g/mol. The Kier molecular flexibility index (Phi) is 5.19. The van der Waals surface area contributed by atoms with Gasteiger partial charge in [0.05, 0.1) is 46.0 Å². The molecular formula is C28H24F2N6O. The Morgan fingerprint density at radius 3 is 2.68 bits per heavy atom. The molecule has 0 aliphatic heterocycles. The third-order valence-corrected chi connectivity index (χ3v) is 8.18. The van der Waals surface area contributed by atoms with Gasteiger partial charge in [0.1, 0.15) is 23.6 Å². The van der Waals surface area contributed by atoms with Crippen molar-refractivity contribution >= 4 is 0 Å². The molecule has 0 unspecified atom stereocenters. The molecule has 37 heavy (non-hydrogen) atoms. The lowest BCUT2D eigenvalue weighted by Crippen LogP contribution is -2.38. The van der Waals surface area contributed by atoms with Gasteiger partial charge >= 0.3 is 0 Å². The second-order valence-corrected chi connectivity index (χ2v) is 10.5. The van der Waals surface area contributed by atoms with Crippen LogP contribution in [0.4, 0.5) is 8.78 Å². The van der Waals surface area contributed by atoms with Crippen molar-refractivity contribution in [1.82, 2.24) is 25.1 Å². The average molecular weight is 499 g/mol. The molecule has 9 heteroatoms.